The summed E-state index contributed by atoms with van der Waals surface area (Å²) in [5.74, 6) is 1.00. The molecule has 1 unspecified atom stereocenters. The first-order valence-electron chi connectivity index (χ1n) is 6.66. The van der Waals surface area contributed by atoms with Crippen LogP contribution in [0.1, 0.15) is 35.9 Å². The molecule has 0 fully saturated rings. The van der Waals surface area contributed by atoms with Crippen molar-refractivity contribution in [3.05, 3.63) is 53.1 Å². The Morgan fingerprint density at radius 2 is 1.84 bits per heavy atom. The van der Waals surface area contributed by atoms with Crippen LogP contribution in [0.3, 0.4) is 0 Å². The largest absolute Gasteiger partial charge is 0.385 e. The SMILES string of the molecule is Cc1cc(C)cc(C(C)(O)CCc2nccn2C)c1. The van der Waals surface area contributed by atoms with Gasteiger partial charge in [-0.05, 0) is 32.8 Å². The summed E-state index contributed by atoms with van der Waals surface area (Å²) in [5.41, 5.74) is 2.54. The second kappa shape index (κ2) is 5.17. The maximum Gasteiger partial charge on any atom is 0.108 e. The first-order chi connectivity index (χ1) is 8.88. The van der Waals surface area contributed by atoms with Crippen molar-refractivity contribution >= 4 is 0 Å². The number of aromatic nitrogens is 2. The lowest BCUT2D eigenvalue weighted by Crippen LogP contribution is -2.23. The molecule has 0 aliphatic heterocycles. The molecule has 3 heteroatoms. The van der Waals surface area contributed by atoms with Gasteiger partial charge in [-0.25, -0.2) is 4.98 Å². The van der Waals surface area contributed by atoms with E-state index < -0.39 is 5.60 Å². The van der Waals surface area contributed by atoms with Gasteiger partial charge in [0.05, 0.1) is 5.60 Å². The summed E-state index contributed by atoms with van der Waals surface area (Å²) in [7, 11) is 1.98. The third-order valence-electron chi connectivity index (χ3n) is 3.60. The van der Waals surface area contributed by atoms with Crippen LogP contribution >= 0.6 is 0 Å². The smallest absolute Gasteiger partial charge is 0.108 e. The van der Waals surface area contributed by atoms with Crippen LogP contribution in [0.25, 0.3) is 0 Å². The minimum Gasteiger partial charge on any atom is -0.385 e. The van der Waals surface area contributed by atoms with Crippen molar-refractivity contribution in [2.45, 2.75) is 39.2 Å². The maximum absolute atomic E-state index is 10.7. The number of nitrogens with zero attached hydrogens (tertiary/aromatic N) is 2. The molecule has 0 saturated heterocycles. The summed E-state index contributed by atoms with van der Waals surface area (Å²) in [4.78, 5) is 4.30. The quantitative estimate of drug-likeness (QED) is 0.915. The summed E-state index contributed by atoms with van der Waals surface area (Å²) in [5, 5.41) is 10.7. The van der Waals surface area contributed by atoms with Crippen molar-refractivity contribution in [1.29, 1.82) is 0 Å². The molecular weight excluding hydrogens is 236 g/mol. The highest BCUT2D eigenvalue weighted by molar-refractivity contribution is 5.32. The molecule has 0 aliphatic carbocycles. The monoisotopic (exact) mass is 258 g/mol. The van der Waals surface area contributed by atoms with E-state index in [9.17, 15) is 5.11 Å². The van der Waals surface area contributed by atoms with E-state index in [0.717, 1.165) is 17.8 Å². The minimum absolute atomic E-state index is 0.667. The molecular formula is C16H22N2O. The lowest BCUT2D eigenvalue weighted by atomic mass is 9.89. The third kappa shape index (κ3) is 3.24. The summed E-state index contributed by atoms with van der Waals surface area (Å²) < 4.78 is 2.00. The van der Waals surface area contributed by atoms with Crippen molar-refractivity contribution in [2.24, 2.45) is 7.05 Å². The Labute approximate surface area is 114 Å². The van der Waals surface area contributed by atoms with Crippen LogP contribution in [0.4, 0.5) is 0 Å². The summed E-state index contributed by atoms with van der Waals surface area (Å²) in [6.45, 7) is 6.00. The molecule has 19 heavy (non-hydrogen) atoms. The fraction of sp³-hybridized carbons (Fsp3) is 0.438. The Morgan fingerprint density at radius 3 is 2.37 bits per heavy atom. The van der Waals surface area contributed by atoms with Gasteiger partial charge >= 0.3 is 0 Å². The van der Waals surface area contributed by atoms with Crippen LogP contribution in [-0.4, -0.2) is 14.7 Å². The Bertz CT molecular complexity index is 550. The van der Waals surface area contributed by atoms with Crippen molar-refractivity contribution in [1.82, 2.24) is 9.55 Å². The normalized spacial score (nSPS) is 14.4. The van der Waals surface area contributed by atoms with E-state index in [0.29, 0.717) is 6.42 Å². The topological polar surface area (TPSA) is 38.1 Å². The number of aliphatic hydroxyl groups is 1. The summed E-state index contributed by atoms with van der Waals surface area (Å²) >= 11 is 0. The molecule has 1 heterocycles. The van der Waals surface area contributed by atoms with E-state index >= 15 is 0 Å². The van der Waals surface area contributed by atoms with Crippen LogP contribution in [0, 0.1) is 13.8 Å². The van der Waals surface area contributed by atoms with Crippen molar-refractivity contribution in [2.75, 3.05) is 0 Å². The van der Waals surface area contributed by atoms with Gasteiger partial charge in [-0.3, -0.25) is 0 Å². The fourth-order valence-corrected chi connectivity index (χ4v) is 2.42. The van der Waals surface area contributed by atoms with E-state index in [1.807, 2.05) is 24.7 Å². The number of aryl methyl sites for hydroxylation is 4. The second-order valence-electron chi connectivity index (χ2n) is 5.60. The lowest BCUT2D eigenvalue weighted by Gasteiger charge is -2.24. The molecule has 0 radical (unpaired) electrons. The Hall–Kier alpha value is -1.61. The Morgan fingerprint density at radius 1 is 1.21 bits per heavy atom. The number of rotatable bonds is 4. The molecule has 0 saturated carbocycles. The number of benzene rings is 1. The van der Waals surface area contributed by atoms with Crippen LogP contribution in [0.2, 0.25) is 0 Å². The van der Waals surface area contributed by atoms with Gasteiger partial charge < -0.3 is 9.67 Å². The Balaban J connectivity index is 2.15. The molecule has 1 atom stereocenters. The molecule has 1 N–H and O–H groups in total. The van der Waals surface area contributed by atoms with Gasteiger partial charge in [0.2, 0.25) is 0 Å². The number of hydrogen-bond acceptors (Lipinski definition) is 2. The van der Waals surface area contributed by atoms with E-state index in [4.69, 9.17) is 0 Å². The summed E-state index contributed by atoms with van der Waals surface area (Å²) in [6.07, 6.45) is 5.16. The molecule has 3 nitrogen and oxygen atoms in total. The Kier molecular flexibility index (Phi) is 3.76. The molecule has 0 amide bonds. The minimum atomic E-state index is -0.817. The van der Waals surface area contributed by atoms with Gasteiger partial charge in [-0.1, -0.05) is 29.3 Å². The van der Waals surface area contributed by atoms with Crippen LogP contribution in [0.5, 0.6) is 0 Å². The lowest BCUT2D eigenvalue weighted by molar-refractivity contribution is 0.0472. The van der Waals surface area contributed by atoms with Gasteiger partial charge in [-0.2, -0.15) is 0 Å². The second-order valence-corrected chi connectivity index (χ2v) is 5.60. The van der Waals surface area contributed by atoms with Gasteiger partial charge in [0, 0.05) is 25.9 Å². The van der Waals surface area contributed by atoms with E-state index in [2.05, 4.69) is 37.0 Å². The molecule has 0 aliphatic rings. The average Bonchev–Trinajstić information content (AvgIpc) is 2.71. The van der Waals surface area contributed by atoms with Crippen molar-refractivity contribution in [3.63, 3.8) is 0 Å². The van der Waals surface area contributed by atoms with Gasteiger partial charge in [0.25, 0.3) is 0 Å². The highest BCUT2D eigenvalue weighted by atomic mass is 16.3. The molecule has 1 aromatic carbocycles. The maximum atomic E-state index is 10.7. The zero-order chi connectivity index (χ0) is 14.0. The van der Waals surface area contributed by atoms with Gasteiger partial charge in [0.15, 0.2) is 0 Å². The zero-order valence-corrected chi connectivity index (χ0v) is 12.1. The van der Waals surface area contributed by atoms with Crippen LogP contribution in [0.15, 0.2) is 30.6 Å². The average molecular weight is 258 g/mol. The number of hydrogen-bond donors (Lipinski definition) is 1. The predicted octanol–water partition coefficient (Wildman–Crippen LogP) is 2.88. The highest BCUT2D eigenvalue weighted by Crippen LogP contribution is 2.27. The predicted molar refractivity (Wildman–Crippen MR) is 77.0 cm³/mol. The fourth-order valence-electron chi connectivity index (χ4n) is 2.42. The summed E-state index contributed by atoms with van der Waals surface area (Å²) in [6, 6.07) is 6.25. The standard InChI is InChI=1S/C16H22N2O/c1-12-9-13(2)11-14(10-12)16(3,19)6-5-15-17-7-8-18(15)4/h7-11,19H,5-6H2,1-4H3. The van der Waals surface area contributed by atoms with E-state index in [-0.39, 0.29) is 0 Å². The van der Waals surface area contributed by atoms with Crippen molar-refractivity contribution in [3.8, 4) is 0 Å². The molecule has 102 valence electrons. The zero-order valence-electron chi connectivity index (χ0n) is 12.1. The van der Waals surface area contributed by atoms with Crippen LogP contribution in [-0.2, 0) is 19.1 Å². The van der Waals surface area contributed by atoms with Gasteiger partial charge in [0.1, 0.15) is 5.82 Å². The van der Waals surface area contributed by atoms with E-state index in [1.165, 1.54) is 11.1 Å². The molecule has 0 spiro atoms. The van der Waals surface area contributed by atoms with E-state index in [1.54, 1.807) is 6.20 Å². The molecule has 1 aromatic heterocycles. The highest BCUT2D eigenvalue weighted by Gasteiger charge is 2.23. The molecule has 0 bridgehead atoms. The number of imidazole rings is 1. The third-order valence-corrected chi connectivity index (χ3v) is 3.60. The first-order valence-corrected chi connectivity index (χ1v) is 6.66. The molecule has 2 aromatic rings. The first kappa shape index (κ1) is 13.8. The van der Waals surface area contributed by atoms with Gasteiger partial charge in [-0.15, -0.1) is 0 Å². The van der Waals surface area contributed by atoms with Crippen LogP contribution < -0.4 is 0 Å². The molecule has 2 rings (SSSR count). The van der Waals surface area contributed by atoms with Crippen molar-refractivity contribution < 1.29 is 5.11 Å².